The van der Waals surface area contributed by atoms with Gasteiger partial charge in [-0.1, -0.05) is 82.3 Å². The fourth-order valence-corrected chi connectivity index (χ4v) is 10.1. The maximum atomic E-state index is 13.5. The number of allylic oxidation sites excluding steroid dienone is 2. The van der Waals surface area contributed by atoms with Crippen molar-refractivity contribution in [1.82, 2.24) is 15.1 Å². The molecule has 8 atom stereocenters. The zero-order valence-electron chi connectivity index (χ0n) is 33.9. The van der Waals surface area contributed by atoms with Crippen LogP contribution in [0.3, 0.4) is 0 Å². The Labute approximate surface area is 323 Å². The van der Waals surface area contributed by atoms with Crippen LogP contribution in [0.15, 0.2) is 45.0 Å². The maximum absolute atomic E-state index is 13.5. The summed E-state index contributed by atoms with van der Waals surface area (Å²) in [5, 5.41) is 37.2. The Morgan fingerprint density at radius 3 is 1.93 bits per heavy atom. The molecule has 2 unspecified atom stereocenters. The quantitative estimate of drug-likeness (QED) is 0.0852. The lowest BCUT2D eigenvalue weighted by atomic mass is 9.67. The number of piperazine rings is 1. The van der Waals surface area contributed by atoms with E-state index in [0.29, 0.717) is 49.2 Å². The number of hydrogen-bond donors (Lipinski definition) is 3. The molecule has 54 heavy (non-hydrogen) atoms. The molecule has 1 fully saturated rings. The first-order valence-corrected chi connectivity index (χ1v) is 20.6. The summed E-state index contributed by atoms with van der Waals surface area (Å²) >= 11 is 0. The number of ether oxygens (including phenoxy) is 3. The van der Waals surface area contributed by atoms with Crippen molar-refractivity contribution in [2.24, 2.45) is 0 Å². The van der Waals surface area contributed by atoms with Crippen molar-refractivity contribution in [3.8, 4) is 6.07 Å². The molecule has 5 aliphatic rings. The average molecular weight is 751 g/mol. The molecule has 0 aromatic rings. The number of hydrogen-bond acceptors (Lipinski definition) is 10. The highest BCUT2D eigenvalue weighted by Gasteiger charge is 2.58. The van der Waals surface area contributed by atoms with Gasteiger partial charge in [-0.2, -0.15) is 5.26 Å². The summed E-state index contributed by atoms with van der Waals surface area (Å²) < 4.78 is 17.4. The highest BCUT2D eigenvalue weighted by molar-refractivity contribution is 5.84. The standard InChI is InChI=1S/C43H66N4O7/c1-8-9-10-11-12-13-14-15-16-17-18-19-35(48)45-28(4)43(51)54-25-34-36-29(20-26(2)41(52-6)39(36)49)23-32-38-37-30(21-27(3)42(53-7)40(37)50)22-31(46(38)5)33(24-44)47(32)34/h28,31-34,38-40,49-50H,8-23,25H2,1-7H3,(H,45,48)/t28-,31+,32-,33-,34-,38+,39?,40?/m0/s1. The number of nitrogens with one attached hydrogen (secondary N) is 1. The maximum Gasteiger partial charge on any atom is 0.328 e. The minimum absolute atomic E-state index is 0.0990. The van der Waals surface area contributed by atoms with Gasteiger partial charge < -0.3 is 29.7 Å². The minimum Gasteiger partial charge on any atom is -0.498 e. The van der Waals surface area contributed by atoms with Gasteiger partial charge in [0.25, 0.3) is 0 Å². The SMILES string of the molecule is CCCCCCCCCCCCCC(=O)N[C@@H](C)C(=O)OC[C@H]1C2=C(CC(C)=C(OC)C2O)C[C@H]2[C@@H]3C4=C(CC(C)=C(OC)C4O)C[C@H]([C@H](C#N)N12)N3C. The number of nitriles is 1. The molecule has 2 aliphatic carbocycles. The number of aliphatic hydroxyl groups is 2. The Morgan fingerprint density at radius 2 is 1.37 bits per heavy atom. The van der Waals surface area contributed by atoms with Crippen molar-refractivity contribution in [2.75, 3.05) is 27.9 Å². The number of aliphatic hydroxyl groups excluding tert-OH is 2. The van der Waals surface area contributed by atoms with Gasteiger partial charge in [-0.15, -0.1) is 0 Å². The fourth-order valence-electron chi connectivity index (χ4n) is 10.1. The van der Waals surface area contributed by atoms with Crippen LogP contribution in [0.25, 0.3) is 0 Å². The predicted molar refractivity (Wildman–Crippen MR) is 208 cm³/mol. The first kappa shape index (κ1) is 42.0. The molecule has 3 aliphatic heterocycles. The molecule has 1 saturated heterocycles. The zero-order valence-corrected chi connectivity index (χ0v) is 33.9. The topological polar surface area (TPSA) is 145 Å². The van der Waals surface area contributed by atoms with Crippen LogP contribution in [0.1, 0.15) is 130 Å². The highest BCUT2D eigenvalue weighted by atomic mass is 16.5. The number of carbonyl (C=O) groups is 2. The van der Waals surface area contributed by atoms with Crippen LogP contribution in [0, 0.1) is 11.3 Å². The smallest absolute Gasteiger partial charge is 0.328 e. The van der Waals surface area contributed by atoms with Crippen molar-refractivity contribution in [2.45, 2.75) is 179 Å². The number of esters is 1. The molecule has 2 bridgehead atoms. The molecule has 5 rings (SSSR count). The van der Waals surface area contributed by atoms with Gasteiger partial charge in [0, 0.05) is 18.5 Å². The lowest BCUT2D eigenvalue weighted by Gasteiger charge is -2.61. The zero-order chi connectivity index (χ0) is 39.1. The fraction of sp³-hybridized carbons (Fsp3) is 0.744. The predicted octanol–water partition coefficient (Wildman–Crippen LogP) is 6.12. The molecule has 0 aromatic carbocycles. The van der Waals surface area contributed by atoms with E-state index in [4.69, 9.17) is 14.2 Å². The van der Waals surface area contributed by atoms with E-state index >= 15 is 0 Å². The number of carbonyl (C=O) groups excluding carboxylic acids is 2. The second kappa shape index (κ2) is 19.1. The third-order valence-corrected chi connectivity index (χ3v) is 12.7. The Bertz CT molecular complexity index is 1540. The first-order valence-electron chi connectivity index (χ1n) is 20.6. The number of rotatable bonds is 18. The van der Waals surface area contributed by atoms with E-state index in [9.17, 15) is 25.1 Å². The van der Waals surface area contributed by atoms with E-state index in [-0.39, 0.29) is 30.6 Å². The van der Waals surface area contributed by atoms with Crippen LogP contribution in [0.2, 0.25) is 0 Å². The van der Waals surface area contributed by atoms with E-state index in [0.717, 1.165) is 47.1 Å². The molecule has 3 N–H and O–H groups in total. The van der Waals surface area contributed by atoms with Gasteiger partial charge in [-0.05, 0) is 82.2 Å². The van der Waals surface area contributed by atoms with E-state index in [2.05, 4.69) is 28.1 Å². The van der Waals surface area contributed by atoms with Crippen molar-refractivity contribution < 1.29 is 34.0 Å². The van der Waals surface area contributed by atoms with Gasteiger partial charge in [-0.25, -0.2) is 4.79 Å². The molecule has 11 nitrogen and oxygen atoms in total. The van der Waals surface area contributed by atoms with Crippen LogP contribution >= 0.6 is 0 Å². The van der Waals surface area contributed by atoms with E-state index in [1.807, 2.05) is 20.9 Å². The summed E-state index contributed by atoms with van der Waals surface area (Å²) in [7, 11) is 5.18. The summed E-state index contributed by atoms with van der Waals surface area (Å²) in [6, 6.07) is -0.0528. The van der Waals surface area contributed by atoms with Crippen LogP contribution < -0.4 is 5.32 Å². The molecular weight excluding hydrogens is 684 g/mol. The summed E-state index contributed by atoms with van der Waals surface area (Å²) in [5.41, 5.74) is 5.77. The van der Waals surface area contributed by atoms with Gasteiger partial charge in [0.2, 0.25) is 5.91 Å². The summed E-state index contributed by atoms with van der Waals surface area (Å²) in [6.07, 6.45) is 14.1. The van der Waals surface area contributed by atoms with Crippen molar-refractivity contribution in [3.63, 3.8) is 0 Å². The lowest BCUT2D eigenvalue weighted by molar-refractivity contribution is -0.151. The third-order valence-electron chi connectivity index (χ3n) is 12.7. The number of methoxy groups -OCH3 is 2. The van der Waals surface area contributed by atoms with Gasteiger partial charge in [0.15, 0.2) is 0 Å². The Morgan fingerprint density at radius 1 is 0.852 bits per heavy atom. The van der Waals surface area contributed by atoms with Crippen LogP contribution in [-0.2, 0) is 23.8 Å². The van der Waals surface area contributed by atoms with Crippen LogP contribution in [0.5, 0.6) is 0 Å². The molecule has 3 heterocycles. The summed E-state index contributed by atoms with van der Waals surface area (Å²) in [4.78, 5) is 30.7. The molecule has 1 amide bonds. The average Bonchev–Trinajstić information content (AvgIpc) is 3.13. The lowest BCUT2D eigenvalue weighted by Crippen LogP contribution is -2.74. The first-order chi connectivity index (χ1) is 26.0. The second-order valence-electron chi connectivity index (χ2n) is 16.4. The van der Waals surface area contributed by atoms with Crippen LogP contribution in [0.4, 0.5) is 0 Å². The number of amides is 1. The van der Waals surface area contributed by atoms with E-state index in [1.54, 1.807) is 21.1 Å². The molecule has 0 spiro atoms. The van der Waals surface area contributed by atoms with Gasteiger partial charge in [-0.3, -0.25) is 14.6 Å². The highest BCUT2D eigenvalue weighted by Crippen LogP contribution is 2.51. The molecule has 11 heteroatoms. The minimum atomic E-state index is -1.05. The number of likely N-dealkylation sites (N-methyl/N-ethyl adjacent to an activating group) is 1. The molecule has 0 radical (unpaired) electrons. The molecule has 0 saturated carbocycles. The number of fused-ring (bicyclic) bond motifs is 5. The van der Waals surface area contributed by atoms with E-state index < -0.39 is 36.3 Å². The Balaban J connectivity index is 1.27. The summed E-state index contributed by atoms with van der Waals surface area (Å²) in [6.45, 7) is 7.73. The molecular formula is C43H66N4O7. The largest absolute Gasteiger partial charge is 0.498 e. The van der Waals surface area contributed by atoms with Crippen molar-refractivity contribution in [3.05, 3.63) is 45.0 Å². The van der Waals surface area contributed by atoms with E-state index in [1.165, 1.54) is 51.4 Å². The monoisotopic (exact) mass is 750 g/mol. The second-order valence-corrected chi connectivity index (χ2v) is 16.4. The normalized spacial score (nSPS) is 28.9. The van der Waals surface area contributed by atoms with Crippen molar-refractivity contribution in [1.29, 1.82) is 5.26 Å². The molecule has 0 aromatic heterocycles. The van der Waals surface area contributed by atoms with Crippen LogP contribution in [-0.4, -0.2) is 108 Å². The Kier molecular flexibility index (Phi) is 14.9. The Hall–Kier alpha value is -3.17. The van der Waals surface area contributed by atoms with Crippen molar-refractivity contribution >= 4 is 11.9 Å². The third kappa shape index (κ3) is 8.77. The van der Waals surface area contributed by atoms with Gasteiger partial charge >= 0.3 is 5.97 Å². The number of unbranched alkanes of at least 4 members (excludes halogenated alkanes) is 10. The van der Waals surface area contributed by atoms with Gasteiger partial charge in [0.1, 0.15) is 42.4 Å². The summed E-state index contributed by atoms with van der Waals surface area (Å²) in [5.74, 6) is 0.327. The van der Waals surface area contributed by atoms with Gasteiger partial charge in [0.05, 0.1) is 32.4 Å². The molecule has 300 valence electrons. The number of nitrogens with zero attached hydrogens (tertiary/aromatic N) is 3.